The molecule has 27 heavy (non-hydrogen) atoms. The van der Waals surface area contributed by atoms with Gasteiger partial charge in [-0.2, -0.15) is 0 Å². The van der Waals surface area contributed by atoms with E-state index < -0.39 is 9.84 Å². The zero-order valence-corrected chi connectivity index (χ0v) is 19.6. The maximum absolute atomic E-state index is 11.6. The highest BCUT2D eigenvalue weighted by atomic mass is 127. The summed E-state index contributed by atoms with van der Waals surface area (Å²) in [5.74, 6) is 0.223. The van der Waals surface area contributed by atoms with Crippen molar-refractivity contribution in [3.8, 4) is 0 Å². The summed E-state index contributed by atoms with van der Waals surface area (Å²) in [5.41, 5.74) is 8.36. The van der Waals surface area contributed by atoms with Gasteiger partial charge >= 0.3 is 0 Å². The van der Waals surface area contributed by atoms with E-state index in [0.717, 1.165) is 16.7 Å². The molecule has 0 fully saturated rings. The fraction of sp³-hybridized carbons (Fsp3) is 0.278. The van der Waals surface area contributed by atoms with Gasteiger partial charge in [-0.1, -0.05) is 53.5 Å². The summed E-state index contributed by atoms with van der Waals surface area (Å²) in [7, 11) is -3.12. The molecule has 2 aromatic carbocycles. The van der Waals surface area contributed by atoms with Crippen LogP contribution in [0.25, 0.3) is 0 Å². The molecule has 0 saturated carbocycles. The first kappa shape index (κ1) is 24.0. The maximum atomic E-state index is 11.6. The van der Waals surface area contributed by atoms with Crippen LogP contribution in [0.1, 0.15) is 29.7 Å². The largest absolute Gasteiger partial charge is 0.370 e. The van der Waals surface area contributed by atoms with E-state index in [9.17, 15) is 8.42 Å². The third-order valence-corrected chi connectivity index (χ3v) is 5.15. The molecule has 0 aromatic heterocycles. The smallest absolute Gasteiger partial charge is 0.189 e. The highest BCUT2D eigenvalue weighted by Gasteiger charge is 2.12. The Balaban J connectivity index is 0.00000364. The van der Waals surface area contributed by atoms with Gasteiger partial charge in [-0.15, -0.1) is 24.0 Å². The summed E-state index contributed by atoms with van der Waals surface area (Å²) in [6, 6.07) is 12.4. The van der Waals surface area contributed by atoms with Crippen LogP contribution in [-0.2, 0) is 22.1 Å². The number of aliphatic imine (C=N–C) groups is 1. The summed E-state index contributed by atoms with van der Waals surface area (Å²) in [6.45, 7) is 2.20. The first-order chi connectivity index (χ1) is 12.2. The SMILES string of the molecule is CC(NC(N)=NCc1ccccc1CS(C)(=O)=O)c1ccc(Cl)cc1Cl.I. The average Bonchev–Trinajstić information content (AvgIpc) is 2.52. The molecule has 9 heteroatoms. The molecule has 0 radical (unpaired) electrons. The minimum Gasteiger partial charge on any atom is -0.370 e. The molecule has 0 heterocycles. The van der Waals surface area contributed by atoms with Gasteiger partial charge in [0.25, 0.3) is 0 Å². The fourth-order valence-corrected chi connectivity index (χ4v) is 3.92. The van der Waals surface area contributed by atoms with Gasteiger partial charge in [0.1, 0.15) is 0 Å². The van der Waals surface area contributed by atoms with Crippen LogP contribution in [0.2, 0.25) is 10.0 Å². The zero-order valence-electron chi connectivity index (χ0n) is 14.9. The highest BCUT2D eigenvalue weighted by molar-refractivity contribution is 14.0. The Labute approximate surface area is 187 Å². The Morgan fingerprint density at radius 2 is 1.81 bits per heavy atom. The Bertz CT molecular complexity index is 921. The van der Waals surface area contributed by atoms with Gasteiger partial charge in [0.2, 0.25) is 0 Å². The van der Waals surface area contributed by atoms with E-state index in [2.05, 4.69) is 10.3 Å². The fourth-order valence-electron chi connectivity index (χ4n) is 2.50. The van der Waals surface area contributed by atoms with Gasteiger partial charge in [-0.25, -0.2) is 13.4 Å². The van der Waals surface area contributed by atoms with Crippen LogP contribution in [0.4, 0.5) is 0 Å². The standard InChI is InChI=1S/C18H21Cl2N3O2S.HI/c1-12(16-8-7-15(19)9-17(16)20)23-18(21)22-10-13-5-3-4-6-14(13)11-26(2,24)25;/h3-9,12H,10-11H2,1-2H3,(H3,21,22,23);1H. The minimum absolute atomic E-state index is 0. The van der Waals surface area contributed by atoms with Gasteiger partial charge in [-0.3, -0.25) is 0 Å². The van der Waals surface area contributed by atoms with Crippen molar-refractivity contribution < 1.29 is 8.42 Å². The van der Waals surface area contributed by atoms with E-state index >= 15 is 0 Å². The number of nitrogens with two attached hydrogens (primary N) is 1. The molecule has 2 aromatic rings. The number of hydrogen-bond acceptors (Lipinski definition) is 3. The van der Waals surface area contributed by atoms with Crippen molar-refractivity contribution in [2.24, 2.45) is 10.7 Å². The summed E-state index contributed by atoms with van der Waals surface area (Å²) in [5, 5.41) is 4.19. The van der Waals surface area contributed by atoms with Crippen LogP contribution in [0.5, 0.6) is 0 Å². The number of nitrogens with one attached hydrogen (secondary N) is 1. The number of benzene rings is 2. The second-order valence-electron chi connectivity index (χ2n) is 6.07. The van der Waals surface area contributed by atoms with Crippen LogP contribution in [0, 0.1) is 0 Å². The first-order valence-corrected chi connectivity index (χ1v) is 10.7. The molecular weight excluding hydrogens is 520 g/mol. The van der Waals surface area contributed by atoms with Crippen LogP contribution >= 0.6 is 47.2 Å². The molecule has 0 amide bonds. The number of hydrogen-bond donors (Lipinski definition) is 2. The second-order valence-corrected chi connectivity index (χ2v) is 9.06. The van der Waals surface area contributed by atoms with E-state index in [0.29, 0.717) is 10.0 Å². The second kappa shape index (κ2) is 10.5. The van der Waals surface area contributed by atoms with E-state index in [1.165, 1.54) is 6.26 Å². The van der Waals surface area contributed by atoms with Crippen molar-refractivity contribution in [3.63, 3.8) is 0 Å². The summed E-state index contributed by atoms with van der Waals surface area (Å²) < 4.78 is 23.1. The van der Waals surface area contributed by atoms with Crippen LogP contribution in [0.15, 0.2) is 47.5 Å². The lowest BCUT2D eigenvalue weighted by molar-refractivity contribution is 0.601. The highest BCUT2D eigenvalue weighted by Crippen LogP contribution is 2.26. The van der Waals surface area contributed by atoms with Crippen molar-refractivity contribution >= 4 is 63.0 Å². The molecule has 0 aliphatic heterocycles. The van der Waals surface area contributed by atoms with Gasteiger partial charge in [0, 0.05) is 16.3 Å². The molecular formula is C18H22Cl2IN3O2S. The van der Waals surface area contributed by atoms with Crippen molar-refractivity contribution in [1.82, 2.24) is 5.32 Å². The third kappa shape index (κ3) is 7.85. The Hall–Kier alpha value is -1.03. The number of nitrogens with zero attached hydrogens (tertiary/aromatic N) is 1. The topological polar surface area (TPSA) is 84.5 Å². The minimum atomic E-state index is -3.12. The van der Waals surface area contributed by atoms with Crippen LogP contribution < -0.4 is 11.1 Å². The molecule has 0 saturated heterocycles. The maximum Gasteiger partial charge on any atom is 0.189 e. The monoisotopic (exact) mass is 541 g/mol. The summed E-state index contributed by atoms with van der Waals surface area (Å²) >= 11 is 12.1. The van der Waals surface area contributed by atoms with Crippen molar-refractivity contribution in [2.45, 2.75) is 25.3 Å². The van der Waals surface area contributed by atoms with Crippen molar-refractivity contribution in [2.75, 3.05) is 6.26 Å². The van der Waals surface area contributed by atoms with Gasteiger partial charge in [0.15, 0.2) is 15.8 Å². The quantitative estimate of drug-likeness (QED) is 0.324. The number of sulfone groups is 1. The van der Waals surface area contributed by atoms with Crippen LogP contribution in [0.3, 0.4) is 0 Å². The summed E-state index contributed by atoms with van der Waals surface area (Å²) in [4.78, 5) is 4.32. The Morgan fingerprint density at radius 3 is 2.41 bits per heavy atom. The van der Waals surface area contributed by atoms with E-state index in [4.69, 9.17) is 28.9 Å². The molecule has 0 spiro atoms. The van der Waals surface area contributed by atoms with Crippen molar-refractivity contribution in [1.29, 1.82) is 0 Å². The predicted molar refractivity (Wildman–Crippen MR) is 124 cm³/mol. The van der Waals surface area contributed by atoms with Crippen LogP contribution in [-0.4, -0.2) is 20.6 Å². The number of rotatable bonds is 6. The molecule has 148 valence electrons. The van der Waals surface area contributed by atoms with E-state index in [1.54, 1.807) is 24.3 Å². The third-order valence-electron chi connectivity index (χ3n) is 3.75. The van der Waals surface area contributed by atoms with Gasteiger partial charge in [0.05, 0.1) is 18.3 Å². The van der Waals surface area contributed by atoms with E-state index in [-0.39, 0.29) is 48.3 Å². The predicted octanol–water partition coefficient (Wildman–Crippen LogP) is 4.32. The molecule has 0 aliphatic rings. The molecule has 0 bridgehead atoms. The zero-order chi connectivity index (χ0) is 19.3. The Kier molecular flexibility index (Phi) is 9.33. The van der Waals surface area contributed by atoms with Gasteiger partial charge < -0.3 is 11.1 Å². The normalized spacial score (nSPS) is 13.0. The summed E-state index contributed by atoms with van der Waals surface area (Å²) in [6.07, 6.45) is 1.21. The lowest BCUT2D eigenvalue weighted by Gasteiger charge is -2.16. The average molecular weight is 542 g/mol. The molecule has 5 nitrogen and oxygen atoms in total. The first-order valence-electron chi connectivity index (χ1n) is 7.91. The molecule has 1 unspecified atom stereocenters. The molecule has 2 rings (SSSR count). The van der Waals surface area contributed by atoms with Gasteiger partial charge in [-0.05, 0) is 35.7 Å². The number of guanidine groups is 1. The van der Waals surface area contributed by atoms with Crippen molar-refractivity contribution in [3.05, 3.63) is 69.2 Å². The Morgan fingerprint density at radius 1 is 1.19 bits per heavy atom. The number of halogens is 3. The molecule has 3 N–H and O–H groups in total. The van der Waals surface area contributed by atoms with E-state index in [1.807, 2.05) is 25.1 Å². The lowest BCUT2D eigenvalue weighted by atomic mass is 10.1. The lowest BCUT2D eigenvalue weighted by Crippen LogP contribution is -2.34. The molecule has 1 atom stereocenters. The molecule has 0 aliphatic carbocycles.